The largest absolute Gasteiger partial charge is 0.472 e. The molecule has 0 aliphatic rings. The first-order valence-corrected chi connectivity index (χ1v) is 14.5. The molecule has 0 aromatic carbocycles. The van der Waals surface area contributed by atoms with Crippen molar-refractivity contribution in [1.29, 1.82) is 0 Å². The number of carbonyl (C=O) groups excluding carboxylic acids is 1. The Morgan fingerprint density at radius 1 is 0.735 bits per heavy atom. The molecule has 0 aliphatic heterocycles. The highest BCUT2D eigenvalue weighted by molar-refractivity contribution is 7.47. The number of rotatable bonds is 25. The van der Waals surface area contributed by atoms with E-state index in [1.165, 1.54) is 70.6 Å². The molecule has 9 nitrogen and oxygen atoms in total. The fourth-order valence-corrected chi connectivity index (χ4v) is 4.25. The summed E-state index contributed by atoms with van der Waals surface area (Å²) in [6.45, 7) is -0.0629. The number of phosphoric ester groups is 1. The van der Waals surface area contributed by atoms with Gasteiger partial charge in [0.1, 0.15) is 12.2 Å². The average Bonchev–Trinajstić information content (AvgIpc) is 2.82. The molecule has 0 rings (SSSR count). The molecular formula is C24H49O9P. The molecule has 0 heterocycles. The van der Waals surface area contributed by atoms with Crippen LogP contribution in [0.4, 0.5) is 0 Å². The normalized spacial score (nSPS) is 15.1. The number of unbranched alkanes of at least 4 members (excludes halogenated alkanes) is 14. The lowest BCUT2D eigenvalue weighted by Crippen LogP contribution is -2.27. The maximum atomic E-state index is 11.9. The number of esters is 1. The predicted molar refractivity (Wildman–Crippen MR) is 131 cm³/mol. The standard InChI is InChI=1S/C24H49O9P/c1-2-3-4-5-6-7-8-9-10-11-12-13-14-15-16-17-24(28)33-23(19-26)21-32-34(29,30)31-20-22(27)18-25/h22-23,25-27H,2-21H2,1H3,(H,29,30)/t22?,23-/m1/s1. The Hall–Kier alpha value is -0.540. The van der Waals surface area contributed by atoms with Gasteiger partial charge < -0.3 is 24.9 Å². The number of hydrogen-bond acceptors (Lipinski definition) is 8. The molecule has 10 heteroatoms. The summed E-state index contributed by atoms with van der Waals surface area (Å²) < 4.78 is 25.9. The first-order chi connectivity index (χ1) is 16.3. The van der Waals surface area contributed by atoms with Crippen molar-refractivity contribution in [3.8, 4) is 0 Å². The monoisotopic (exact) mass is 512 g/mol. The van der Waals surface area contributed by atoms with Crippen LogP contribution in [-0.2, 0) is 23.1 Å². The zero-order valence-electron chi connectivity index (χ0n) is 21.1. The molecule has 4 N–H and O–H groups in total. The molecule has 0 fully saturated rings. The second kappa shape index (κ2) is 22.9. The summed E-state index contributed by atoms with van der Waals surface area (Å²) in [6.07, 6.45) is 16.3. The highest BCUT2D eigenvalue weighted by atomic mass is 31.2. The molecule has 34 heavy (non-hydrogen) atoms. The number of aliphatic hydroxyl groups excluding tert-OH is 3. The summed E-state index contributed by atoms with van der Waals surface area (Å²) in [5.74, 6) is -0.498. The van der Waals surface area contributed by atoms with Gasteiger partial charge in [0.2, 0.25) is 0 Å². The van der Waals surface area contributed by atoms with Crippen molar-refractivity contribution >= 4 is 13.8 Å². The zero-order valence-corrected chi connectivity index (χ0v) is 22.0. The summed E-state index contributed by atoms with van der Waals surface area (Å²) >= 11 is 0. The smallest absolute Gasteiger partial charge is 0.457 e. The van der Waals surface area contributed by atoms with Gasteiger partial charge in [-0.05, 0) is 6.42 Å². The lowest BCUT2D eigenvalue weighted by molar-refractivity contribution is -0.153. The van der Waals surface area contributed by atoms with Crippen LogP contribution < -0.4 is 0 Å². The summed E-state index contributed by atoms with van der Waals surface area (Å²) in [5.41, 5.74) is 0. The van der Waals surface area contributed by atoms with E-state index in [4.69, 9.17) is 14.9 Å². The van der Waals surface area contributed by atoms with E-state index in [0.29, 0.717) is 6.42 Å². The summed E-state index contributed by atoms with van der Waals surface area (Å²) in [7, 11) is -4.50. The van der Waals surface area contributed by atoms with Gasteiger partial charge in [0.15, 0.2) is 0 Å². The Morgan fingerprint density at radius 3 is 1.62 bits per heavy atom. The van der Waals surface area contributed by atoms with Gasteiger partial charge in [0.25, 0.3) is 0 Å². The van der Waals surface area contributed by atoms with Crippen LogP contribution in [0, 0.1) is 0 Å². The Balaban J connectivity index is 3.64. The molecule has 0 saturated heterocycles. The van der Waals surface area contributed by atoms with Crippen molar-refractivity contribution in [2.75, 3.05) is 26.4 Å². The van der Waals surface area contributed by atoms with Crippen LogP contribution in [0.3, 0.4) is 0 Å². The van der Waals surface area contributed by atoms with Gasteiger partial charge in [-0.3, -0.25) is 13.8 Å². The van der Waals surface area contributed by atoms with Crippen molar-refractivity contribution in [1.82, 2.24) is 0 Å². The van der Waals surface area contributed by atoms with E-state index in [1.807, 2.05) is 0 Å². The summed E-state index contributed by atoms with van der Waals surface area (Å²) in [6, 6.07) is 0. The van der Waals surface area contributed by atoms with E-state index in [0.717, 1.165) is 19.3 Å². The molecule has 204 valence electrons. The first-order valence-electron chi connectivity index (χ1n) is 13.1. The van der Waals surface area contributed by atoms with Crippen molar-refractivity contribution in [2.45, 2.75) is 122 Å². The zero-order chi connectivity index (χ0) is 25.5. The van der Waals surface area contributed by atoms with Crippen LogP contribution in [-0.4, -0.2) is 64.8 Å². The Morgan fingerprint density at radius 2 is 1.18 bits per heavy atom. The van der Waals surface area contributed by atoms with E-state index in [1.54, 1.807) is 0 Å². The maximum absolute atomic E-state index is 11.9. The molecule has 0 bridgehead atoms. The highest BCUT2D eigenvalue weighted by Gasteiger charge is 2.25. The fourth-order valence-electron chi connectivity index (χ4n) is 3.46. The molecule has 0 aromatic heterocycles. The third-order valence-electron chi connectivity index (χ3n) is 5.55. The number of carbonyl (C=O) groups is 1. The third-order valence-corrected chi connectivity index (χ3v) is 6.50. The molecule has 2 unspecified atom stereocenters. The topological polar surface area (TPSA) is 143 Å². The van der Waals surface area contributed by atoms with Crippen LogP contribution in [0.25, 0.3) is 0 Å². The van der Waals surface area contributed by atoms with Crippen LogP contribution in [0.15, 0.2) is 0 Å². The van der Waals surface area contributed by atoms with Crippen molar-refractivity contribution in [3.05, 3.63) is 0 Å². The fraction of sp³-hybridized carbons (Fsp3) is 0.958. The second-order valence-corrected chi connectivity index (χ2v) is 10.3. The van der Waals surface area contributed by atoms with Gasteiger partial charge in [0, 0.05) is 6.42 Å². The maximum Gasteiger partial charge on any atom is 0.472 e. The van der Waals surface area contributed by atoms with Gasteiger partial charge in [-0.15, -0.1) is 0 Å². The van der Waals surface area contributed by atoms with Crippen LogP contribution in [0.1, 0.15) is 110 Å². The van der Waals surface area contributed by atoms with Crippen molar-refractivity contribution in [2.24, 2.45) is 0 Å². The Labute approximate surface area is 205 Å². The SMILES string of the molecule is CCCCCCCCCCCCCCCCCC(=O)O[C@H](CO)COP(=O)(O)OCC(O)CO. The number of ether oxygens (including phenoxy) is 1. The predicted octanol–water partition coefficient (Wildman–Crippen LogP) is 4.64. The molecule has 0 radical (unpaired) electrons. The van der Waals surface area contributed by atoms with E-state index in [-0.39, 0.29) is 6.42 Å². The van der Waals surface area contributed by atoms with Crippen molar-refractivity contribution < 1.29 is 43.4 Å². The molecule has 3 atom stereocenters. The van der Waals surface area contributed by atoms with Crippen LogP contribution in [0.5, 0.6) is 0 Å². The first kappa shape index (κ1) is 33.5. The average molecular weight is 513 g/mol. The van der Waals surface area contributed by atoms with E-state index >= 15 is 0 Å². The third kappa shape index (κ3) is 22.0. The molecule has 0 saturated carbocycles. The summed E-state index contributed by atoms with van der Waals surface area (Å²) in [4.78, 5) is 21.4. The molecule has 0 aromatic rings. The number of hydrogen-bond donors (Lipinski definition) is 4. The van der Waals surface area contributed by atoms with E-state index in [2.05, 4.69) is 16.0 Å². The molecule has 0 aliphatic carbocycles. The van der Waals surface area contributed by atoms with Crippen molar-refractivity contribution in [3.63, 3.8) is 0 Å². The minimum absolute atomic E-state index is 0.213. The lowest BCUT2D eigenvalue weighted by atomic mass is 10.0. The van der Waals surface area contributed by atoms with E-state index < -0.39 is 52.4 Å². The molecule has 0 spiro atoms. The quantitative estimate of drug-likeness (QED) is 0.0781. The molecule has 0 amide bonds. The van der Waals surface area contributed by atoms with Gasteiger partial charge in [-0.1, -0.05) is 96.8 Å². The van der Waals surface area contributed by atoms with Gasteiger partial charge in [0.05, 0.1) is 26.4 Å². The Kier molecular flexibility index (Phi) is 22.5. The van der Waals surface area contributed by atoms with Gasteiger partial charge in [-0.2, -0.15) is 0 Å². The highest BCUT2D eigenvalue weighted by Crippen LogP contribution is 2.43. The van der Waals surface area contributed by atoms with Crippen LogP contribution in [0.2, 0.25) is 0 Å². The Bertz CT molecular complexity index is 519. The minimum Gasteiger partial charge on any atom is -0.457 e. The number of phosphoric acid groups is 1. The minimum atomic E-state index is -4.50. The lowest BCUT2D eigenvalue weighted by Gasteiger charge is -2.18. The second-order valence-electron chi connectivity index (χ2n) is 8.89. The number of aliphatic hydroxyl groups is 3. The summed E-state index contributed by atoms with van der Waals surface area (Å²) in [5, 5.41) is 27.1. The van der Waals surface area contributed by atoms with E-state index in [9.17, 15) is 19.4 Å². The van der Waals surface area contributed by atoms with Gasteiger partial charge >= 0.3 is 13.8 Å². The van der Waals surface area contributed by atoms with Gasteiger partial charge in [-0.25, -0.2) is 4.57 Å². The van der Waals surface area contributed by atoms with Crippen LogP contribution >= 0.6 is 7.82 Å². The molecular weight excluding hydrogens is 463 g/mol.